The van der Waals surface area contributed by atoms with Crippen LogP contribution in [-0.4, -0.2) is 0 Å². The number of unbranched alkanes of at least 4 members (excludes halogenated alkanes) is 12. The highest BCUT2D eigenvalue weighted by Crippen LogP contribution is 2.43. The molecule has 30 heavy (non-hydrogen) atoms. The van der Waals surface area contributed by atoms with Crippen LogP contribution in [0.15, 0.2) is 0 Å². The summed E-state index contributed by atoms with van der Waals surface area (Å²) in [5, 5.41) is 0. The van der Waals surface area contributed by atoms with Crippen LogP contribution in [0.3, 0.4) is 0 Å². The smallest absolute Gasteiger partial charge is 0.0386 e. The molecular formula is C30H58. The standard InChI is InChI=1S/C30H58/c1-3-5-7-9-11-12-14-16-18-28-21-25-30(26-22-28)29-23-19-27(20-24-29)17-15-13-10-8-6-4-2/h27-30H,3-26H2,1-2H3. The van der Waals surface area contributed by atoms with Crippen LogP contribution in [0, 0.1) is 23.7 Å². The predicted molar refractivity (Wildman–Crippen MR) is 136 cm³/mol. The van der Waals surface area contributed by atoms with Crippen molar-refractivity contribution in [1.29, 1.82) is 0 Å². The summed E-state index contributed by atoms with van der Waals surface area (Å²) in [5.74, 6) is 4.39. The summed E-state index contributed by atoms with van der Waals surface area (Å²) < 4.78 is 0. The Labute approximate surface area is 191 Å². The lowest BCUT2D eigenvalue weighted by molar-refractivity contribution is 0.139. The summed E-state index contributed by atoms with van der Waals surface area (Å²) in [6.07, 6.45) is 36.3. The molecule has 0 aromatic carbocycles. The summed E-state index contributed by atoms with van der Waals surface area (Å²) >= 11 is 0. The van der Waals surface area contributed by atoms with Crippen LogP contribution in [-0.2, 0) is 0 Å². The maximum atomic E-state index is 2.32. The normalized spacial score (nSPS) is 27.4. The summed E-state index contributed by atoms with van der Waals surface area (Å²) in [6.45, 7) is 4.64. The Bertz CT molecular complexity index is 356. The molecule has 2 rings (SSSR count). The van der Waals surface area contributed by atoms with Crippen molar-refractivity contribution in [3.05, 3.63) is 0 Å². The third-order valence-corrected chi connectivity index (χ3v) is 8.88. The summed E-state index contributed by atoms with van der Waals surface area (Å²) in [6, 6.07) is 0. The van der Waals surface area contributed by atoms with Gasteiger partial charge >= 0.3 is 0 Å². The van der Waals surface area contributed by atoms with Gasteiger partial charge in [-0.2, -0.15) is 0 Å². The second-order valence-corrected chi connectivity index (χ2v) is 11.4. The first-order chi connectivity index (χ1) is 14.8. The van der Waals surface area contributed by atoms with Crippen molar-refractivity contribution >= 4 is 0 Å². The van der Waals surface area contributed by atoms with Crippen LogP contribution in [0.2, 0.25) is 0 Å². The average Bonchev–Trinajstić information content (AvgIpc) is 2.79. The quantitative estimate of drug-likeness (QED) is 0.206. The van der Waals surface area contributed by atoms with Gasteiger partial charge in [-0.1, -0.05) is 142 Å². The maximum absolute atomic E-state index is 2.32. The molecule has 0 amide bonds. The highest BCUT2D eigenvalue weighted by Gasteiger charge is 2.30. The molecule has 0 aliphatic heterocycles. The van der Waals surface area contributed by atoms with E-state index in [-0.39, 0.29) is 0 Å². The van der Waals surface area contributed by atoms with Crippen LogP contribution in [0.4, 0.5) is 0 Å². The Morgan fingerprint density at radius 2 is 0.667 bits per heavy atom. The molecule has 2 fully saturated rings. The van der Waals surface area contributed by atoms with Gasteiger partial charge in [-0.25, -0.2) is 0 Å². The van der Waals surface area contributed by atoms with E-state index in [4.69, 9.17) is 0 Å². The second kappa shape index (κ2) is 17.5. The van der Waals surface area contributed by atoms with E-state index >= 15 is 0 Å². The van der Waals surface area contributed by atoms with Crippen LogP contribution < -0.4 is 0 Å². The minimum Gasteiger partial charge on any atom is -0.0654 e. The third-order valence-electron chi connectivity index (χ3n) is 8.88. The van der Waals surface area contributed by atoms with E-state index in [2.05, 4.69) is 13.8 Å². The molecule has 0 unspecified atom stereocenters. The van der Waals surface area contributed by atoms with Crippen molar-refractivity contribution < 1.29 is 0 Å². The summed E-state index contributed by atoms with van der Waals surface area (Å²) in [7, 11) is 0. The van der Waals surface area contributed by atoms with Gasteiger partial charge in [-0.3, -0.25) is 0 Å². The Morgan fingerprint density at radius 1 is 0.367 bits per heavy atom. The molecule has 0 radical (unpaired) electrons. The van der Waals surface area contributed by atoms with Crippen molar-refractivity contribution in [2.45, 2.75) is 168 Å². The molecule has 0 N–H and O–H groups in total. The van der Waals surface area contributed by atoms with Gasteiger partial charge in [0.05, 0.1) is 0 Å². The van der Waals surface area contributed by atoms with Crippen LogP contribution in [0.1, 0.15) is 168 Å². The second-order valence-electron chi connectivity index (χ2n) is 11.4. The third kappa shape index (κ3) is 11.6. The number of hydrogen-bond acceptors (Lipinski definition) is 0. The fourth-order valence-electron chi connectivity index (χ4n) is 6.68. The SMILES string of the molecule is CCCCCCCCCCC1CCC(C2CCC(CCCCCCCC)CC2)CC1. The largest absolute Gasteiger partial charge is 0.0654 e. The van der Waals surface area contributed by atoms with E-state index in [9.17, 15) is 0 Å². The molecule has 0 heterocycles. The molecule has 0 aromatic heterocycles. The minimum atomic E-state index is 1.09. The van der Waals surface area contributed by atoms with Gasteiger partial charge in [0.2, 0.25) is 0 Å². The first-order valence-corrected chi connectivity index (χ1v) is 14.8. The van der Waals surface area contributed by atoms with E-state index in [0.29, 0.717) is 0 Å². The first kappa shape index (κ1) is 26.3. The molecule has 0 saturated heterocycles. The van der Waals surface area contributed by atoms with Crippen molar-refractivity contribution in [2.24, 2.45) is 23.7 Å². The Hall–Kier alpha value is 0. The van der Waals surface area contributed by atoms with Crippen LogP contribution in [0.5, 0.6) is 0 Å². The Morgan fingerprint density at radius 3 is 1.00 bits per heavy atom. The van der Waals surface area contributed by atoms with Gasteiger partial charge in [0, 0.05) is 0 Å². The van der Waals surface area contributed by atoms with E-state index in [1.54, 1.807) is 64.2 Å². The average molecular weight is 419 g/mol. The Balaban J connectivity index is 1.43. The van der Waals surface area contributed by atoms with Crippen molar-refractivity contribution in [1.82, 2.24) is 0 Å². The van der Waals surface area contributed by atoms with Crippen molar-refractivity contribution in [3.63, 3.8) is 0 Å². The number of rotatable bonds is 17. The topological polar surface area (TPSA) is 0 Å². The van der Waals surface area contributed by atoms with Gasteiger partial charge in [0.15, 0.2) is 0 Å². The van der Waals surface area contributed by atoms with Crippen LogP contribution >= 0.6 is 0 Å². The van der Waals surface area contributed by atoms with Gasteiger partial charge < -0.3 is 0 Å². The van der Waals surface area contributed by atoms with Crippen LogP contribution in [0.25, 0.3) is 0 Å². The molecule has 2 aliphatic rings. The molecule has 0 heteroatoms. The van der Waals surface area contributed by atoms with E-state index in [0.717, 1.165) is 23.7 Å². The van der Waals surface area contributed by atoms with Gasteiger partial charge in [-0.15, -0.1) is 0 Å². The van der Waals surface area contributed by atoms with Crippen molar-refractivity contribution in [2.75, 3.05) is 0 Å². The number of hydrogen-bond donors (Lipinski definition) is 0. The maximum Gasteiger partial charge on any atom is -0.0386 e. The molecule has 2 saturated carbocycles. The minimum absolute atomic E-state index is 1.09. The van der Waals surface area contributed by atoms with Crippen molar-refractivity contribution in [3.8, 4) is 0 Å². The zero-order valence-corrected chi connectivity index (χ0v) is 21.3. The van der Waals surface area contributed by atoms with Gasteiger partial charge in [-0.05, 0) is 49.4 Å². The molecule has 2 aliphatic carbocycles. The van der Waals surface area contributed by atoms with Gasteiger partial charge in [0.25, 0.3) is 0 Å². The lowest BCUT2D eigenvalue weighted by atomic mass is 9.68. The van der Waals surface area contributed by atoms with Gasteiger partial charge in [0.1, 0.15) is 0 Å². The zero-order valence-electron chi connectivity index (χ0n) is 21.3. The molecular weight excluding hydrogens is 360 g/mol. The molecule has 0 nitrogen and oxygen atoms in total. The lowest BCUT2D eigenvalue weighted by Crippen LogP contribution is -2.25. The van der Waals surface area contributed by atoms with E-state index in [1.807, 2.05) is 0 Å². The summed E-state index contributed by atoms with van der Waals surface area (Å²) in [4.78, 5) is 0. The molecule has 178 valence electrons. The Kier molecular flexibility index (Phi) is 15.4. The van der Waals surface area contributed by atoms with E-state index in [1.165, 1.54) is 89.9 Å². The highest BCUT2D eigenvalue weighted by atomic mass is 14.4. The molecule has 0 spiro atoms. The fourth-order valence-corrected chi connectivity index (χ4v) is 6.68. The molecule has 0 aromatic rings. The highest BCUT2D eigenvalue weighted by molar-refractivity contribution is 4.82. The fraction of sp³-hybridized carbons (Fsp3) is 1.00. The first-order valence-electron chi connectivity index (χ1n) is 14.8. The molecule has 0 atom stereocenters. The lowest BCUT2D eigenvalue weighted by Gasteiger charge is -2.38. The monoisotopic (exact) mass is 418 g/mol. The van der Waals surface area contributed by atoms with E-state index < -0.39 is 0 Å². The zero-order chi connectivity index (χ0) is 21.3. The summed E-state index contributed by atoms with van der Waals surface area (Å²) in [5.41, 5.74) is 0. The predicted octanol–water partition coefficient (Wildman–Crippen LogP) is 10.9. The molecule has 0 bridgehead atoms.